The number of nitrogens with zero attached hydrogens (tertiary/aromatic N) is 3. The number of thioether (sulfide) groups is 1. The van der Waals surface area contributed by atoms with Gasteiger partial charge in [0.2, 0.25) is 0 Å². The van der Waals surface area contributed by atoms with Gasteiger partial charge in [0.25, 0.3) is 0 Å². The number of hydrogen-bond donors (Lipinski definition) is 2. The summed E-state index contributed by atoms with van der Waals surface area (Å²) in [5, 5.41) is 12.3. The van der Waals surface area contributed by atoms with Crippen molar-refractivity contribution in [3.63, 3.8) is 0 Å². The average molecular weight is 324 g/mol. The molecule has 124 valence electrons. The van der Waals surface area contributed by atoms with Gasteiger partial charge < -0.3 is 10.6 Å². The van der Waals surface area contributed by atoms with Crippen molar-refractivity contribution in [2.45, 2.75) is 57.4 Å². The second kappa shape index (κ2) is 7.90. The minimum Gasteiger partial charge on any atom is -0.355 e. The Balaban J connectivity index is 1.91. The molecule has 0 radical (unpaired) electrons. The first-order valence-corrected chi connectivity index (χ1v) is 9.39. The second-order valence-electron chi connectivity index (χ2n) is 6.26. The molecule has 1 aliphatic carbocycles. The van der Waals surface area contributed by atoms with Crippen molar-refractivity contribution in [2.24, 2.45) is 4.99 Å². The molecule has 0 bridgehead atoms. The quantitative estimate of drug-likeness (QED) is 0.644. The Hall–Kier alpha value is -1.17. The number of fused-ring (bicyclic) bond motifs is 1. The maximum Gasteiger partial charge on any atom is 0.191 e. The largest absolute Gasteiger partial charge is 0.355 e. The number of guanidine groups is 1. The lowest BCUT2D eigenvalue weighted by Crippen LogP contribution is -2.46. The molecule has 0 fully saturated rings. The van der Waals surface area contributed by atoms with E-state index in [1.807, 2.05) is 18.8 Å². The van der Waals surface area contributed by atoms with Crippen molar-refractivity contribution < 1.29 is 0 Å². The first-order valence-electron chi connectivity index (χ1n) is 8.10. The topological polar surface area (TPSA) is 54.2 Å². The summed E-state index contributed by atoms with van der Waals surface area (Å²) >= 11 is 1.86. The Morgan fingerprint density at radius 3 is 2.91 bits per heavy atom. The van der Waals surface area contributed by atoms with Crippen LogP contribution in [0.15, 0.2) is 11.2 Å². The number of aromatic nitrogens is 2. The fourth-order valence-electron chi connectivity index (χ4n) is 2.61. The zero-order valence-electron chi connectivity index (χ0n) is 14.4. The maximum absolute atomic E-state index is 4.73. The molecule has 1 heterocycles. The minimum atomic E-state index is 0.416. The molecule has 2 atom stereocenters. The molecule has 2 unspecified atom stereocenters. The van der Waals surface area contributed by atoms with Gasteiger partial charge in [0.1, 0.15) is 0 Å². The highest BCUT2D eigenvalue weighted by Crippen LogP contribution is 2.21. The molecule has 2 N–H and O–H groups in total. The summed E-state index contributed by atoms with van der Waals surface area (Å²) in [5.41, 5.74) is 2.65. The molecule has 1 aromatic rings. The summed E-state index contributed by atoms with van der Waals surface area (Å²) in [6, 6.07) is 0.846. The number of aliphatic imine (C=N–C) groups is 1. The molecule has 1 aliphatic rings. The second-order valence-corrected chi connectivity index (χ2v) is 7.53. The van der Waals surface area contributed by atoms with E-state index in [2.05, 4.69) is 53.5 Å². The van der Waals surface area contributed by atoms with E-state index in [1.54, 1.807) is 0 Å². The van der Waals surface area contributed by atoms with Crippen LogP contribution >= 0.6 is 11.8 Å². The van der Waals surface area contributed by atoms with Crippen LogP contribution < -0.4 is 10.6 Å². The Morgan fingerprint density at radius 1 is 1.50 bits per heavy atom. The van der Waals surface area contributed by atoms with Crippen LogP contribution in [0.4, 0.5) is 0 Å². The van der Waals surface area contributed by atoms with Crippen LogP contribution in [-0.2, 0) is 12.8 Å². The third-order valence-electron chi connectivity index (χ3n) is 4.15. The monoisotopic (exact) mass is 323 g/mol. The fraction of sp³-hybridized carbons (Fsp3) is 0.750. The van der Waals surface area contributed by atoms with Crippen LogP contribution in [0.25, 0.3) is 0 Å². The van der Waals surface area contributed by atoms with Crippen molar-refractivity contribution in [3.05, 3.63) is 17.5 Å². The highest BCUT2D eigenvalue weighted by atomic mass is 32.2. The molecule has 0 spiro atoms. The van der Waals surface area contributed by atoms with Crippen LogP contribution in [-0.4, -0.2) is 46.9 Å². The highest BCUT2D eigenvalue weighted by molar-refractivity contribution is 7.99. The van der Waals surface area contributed by atoms with E-state index >= 15 is 0 Å². The van der Waals surface area contributed by atoms with Crippen LogP contribution in [0.1, 0.15) is 44.5 Å². The van der Waals surface area contributed by atoms with E-state index < -0.39 is 0 Å². The zero-order chi connectivity index (χ0) is 16.1. The first-order chi connectivity index (χ1) is 10.5. The van der Waals surface area contributed by atoms with E-state index in [1.165, 1.54) is 11.3 Å². The number of rotatable bonds is 5. The normalized spacial score (nSPS) is 19.9. The first kappa shape index (κ1) is 17.2. The molecule has 0 amide bonds. The van der Waals surface area contributed by atoms with Gasteiger partial charge in [-0.25, -0.2) is 0 Å². The van der Waals surface area contributed by atoms with Crippen molar-refractivity contribution in [2.75, 3.05) is 19.8 Å². The highest BCUT2D eigenvalue weighted by Gasteiger charge is 2.23. The lowest BCUT2D eigenvalue weighted by Gasteiger charge is -2.25. The fourth-order valence-corrected chi connectivity index (χ4v) is 2.86. The van der Waals surface area contributed by atoms with Crippen LogP contribution in [0.5, 0.6) is 0 Å². The van der Waals surface area contributed by atoms with E-state index in [0.717, 1.165) is 31.8 Å². The summed E-state index contributed by atoms with van der Waals surface area (Å²) in [7, 11) is 1.83. The van der Waals surface area contributed by atoms with Crippen molar-refractivity contribution >= 4 is 17.7 Å². The molecular formula is C16H29N5S. The molecular weight excluding hydrogens is 294 g/mol. The van der Waals surface area contributed by atoms with Gasteiger partial charge in [-0.15, -0.1) is 0 Å². The number of hydrogen-bond acceptors (Lipinski definition) is 3. The van der Waals surface area contributed by atoms with Crippen molar-refractivity contribution in [1.82, 2.24) is 20.4 Å². The molecule has 0 saturated carbocycles. The SMILES string of the molecule is CN=C(NCC(C)SC)NC1CCc2cn(C(C)C)nc2C1. The van der Waals surface area contributed by atoms with Gasteiger partial charge in [-0.05, 0) is 38.5 Å². The van der Waals surface area contributed by atoms with Gasteiger partial charge in [-0.1, -0.05) is 6.92 Å². The summed E-state index contributed by atoms with van der Waals surface area (Å²) < 4.78 is 2.08. The van der Waals surface area contributed by atoms with Gasteiger partial charge in [0, 0.05) is 43.5 Å². The number of aryl methyl sites for hydroxylation is 1. The van der Waals surface area contributed by atoms with E-state index in [-0.39, 0.29) is 0 Å². The zero-order valence-corrected chi connectivity index (χ0v) is 15.2. The van der Waals surface area contributed by atoms with Crippen LogP contribution in [0.2, 0.25) is 0 Å². The third kappa shape index (κ3) is 4.41. The Morgan fingerprint density at radius 2 is 2.27 bits per heavy atom. The average Bonchev–Trinajstić information content (AvgIpc) is 2.94. The molecule has 5 nitrogen and oxygen atoms in total. The third-order valence-corrected chi connectivity index (χ3v) is 5.12. The molecule has 6 heteroatoms. The van der Waals surface area contributed by atoms with Gasteiger partial charge in [-0.3, -0.25) is 9.67 Å². The van der Waals surface area contributed by atoms with Crippen LogP contribution in [0.3, 0.4) is 0 Å². The predicted molar refractivity (Wildman–Crippen MR) is 95.9 cm³/mol. The standard InChI is InChI=1S/C16H29N5S/c1-11(2)21-10-13-6-7-14(8-15(13)20-21)19-16(17-4)18-9-12(3)22-5/h10-12,14H,6-9H2,1-5H3,(H2,17,18,19). The van der Waals surface area contributed by atoms with Crippen LogP contribution in [0, 0.1) is 0 Å². The van der Waals surface area contributed by atoms with Crippen molar-refractivity contribution in [3.8, 4) is 0 Å². The summed E-state index contributed by atoms with van der Waals surface area (Å²) in [5.74, 6) is 0.901. The van der Waals surface area contributed by atoms with Gasteiger partial charge in [-0.2, -0.15) is 16.9 Å². The summed E-state index contributed by atoms with van der Waals surface area (Å²) in [6.45, 7) is 7.50. The minimum absolute atomic E-state index is 0.416. The van der Waals surface area contributed by atoms with E-state index in [4.69, 9.17) is 5.10 Å². The van der Waals surface area contributed by atoms with E-state index in [9.17, 15) is 0 Å². The molecule has 1 aromatic heterocycles. The predicted octanol–water partition coefficient (Wildman–Crippen LogP) is 2.24. The Labute approximate surface area is 138 Å². The Kier molecular flexibility index (Phi) is 6.17. The summed E-state index contributed by atoms with van der Waals surface area (Å²) in [6.07, 6.45) is 7.56. The van der Waals surface area contributed by atoms with E-state index in [0.29, 0.717) is 17.3 Å². The van der Waals surface area contributed by atoms with Gasteiger partial charge in [0.15, 0.2) is 5.96 Å². The lowest BCUT2D eigenvalue weighted by molar-refractivity contribution is 0.499. The Bertz CT molecular complexity index is 509. The molecule has 0 aromatic carbocycles. The van der Waals surface area contributed by atoms with Gasteiger partial charge in [0.05, 0.1) is 5.69 Å². The summed E-state index contributed by atoms with van der Waals surface area (Å²) in [4.78, 5) is 4.34. The lowest BCUT2D eigenvalue weighted by atomic mass is 9.94. The number of nitrogens with one attached hydrogen (secondary N) is 2. The van der Waals surface area contributed by atoms with Crippen molar-refractivity contribution in [1.29, 1.82) is 0 Å². The molecule has 22 heavy (non-hydrogen) atoms. The molecule has 0 aliphatic heterocycles. The molecule has 2 rings (SSSR count). The van der Waals surface area contributed by atoms with Gasteiger partial charge >= 0.3 is 0 Å². The molecule has 0 saturated heterocycles. The maximum atomic E-state index is 4.73. The smallest absolute Gasteiger partial charge is 0.191 e.